The molecule has 0 bridgehead atoms. The molecule has 2 rings (SSSR count). The van der Waals surface area contributed by atoms with Crippen molar-refractivity contribution in [3.8, 4) is 5.69 Å². The summed E-state index contributed by atoms with van der Waals surface area (Å²) in [6.07, 6.45) is 1.64. The maximum atomic E-state index is 12.5. The summed E-state index contributed by atoms with van der Waals surface area (Å²) in [5.41, 5.74) is 0.887. The lowest BCUT2D eigenvalue weighted by molar-refractivity contribution is 0.987. The van der Waals surface area contributed by atoms with Gasteiger partial charge in [-0.1, -0.05) is 42.3 Å². The second-order valence-electron chi connectivity index (χ2n) is 3.91. The number of halogens is 2. The van der Waals surface area contributed by atoms with Gasteiger partial charge in [0.2, 0.25) is 0 Å². The molecule has 0 fully saturated rings. The van der Waals surface area contributed by atoms with Crippen LogP contribution < -0.4 is 5.56 Å². The average Bonchev–Trinajstić information content (AvgIpc) is 2.41. The zero-order valence-corrected chi connectivity index (χ0v) is 13.7. The van der Waals surface area contributed by atoms with Gasteiger partial charge in [-0.15, -0.1) is 11.8 Å². The smallest absolute Gasteiger partial charge is 0.265 e. The van der Waals surface area contributed by atoms with Gasteiger partial charge in [0, 0.05) is 16.9 Å². The first-order chi connectivity index (χ1) is 9.54. The number of pyridine rings is 1. The van der Waals surface area contributed by atoms with Crippen LogP contribution in [0.2, 0.25) is 10.0 Å². The van der Waals surface area contributed by atoms with Crippen LogP contribution in [0.25, 0.3) is 5.69 Å². The normalized spacial score (nSPS) is 10.6. The van der Waals surface area contributed by atoms with Crippen LogP contribution in [0.4, 0.5) is 0 Å². The fourth-order valence-electron chi connectivity index (χ4n) is 1.71. The van der Waals surface area contributed by atoms with Gasteiger partial charge in [-0.2, -0.15) is 0 Å². The van der Waals surface area contributed by atoms with E-state index in [1.54, 1.807) is 36.5 Å². The standard InChI is InChI=1S/C14H11Cl2NOS2/c1-2-20-14(19)12-11(16)7-8-17(13(12)18)10-5-3-9(15)4-6-10/h3-8H,2H2,1H3. The Labute approximate surface area is 136 Å². The molecule has 6 heteroatoms. The van der Waals surface area contributed by atoms with Gasteiger partial charge in [0.15, 0.2) is 0 Å². The van der Waals surface area contributed by atoms with Crippen molar-refractivity contribution in [2.45, 2.75) is 6.92 Å². The molecule has 0 saturated carbocycles. The van der Waals surface area contributed by atoms with Crippen LogP contribution in [0.1, 0.15) is 12.5 Å². The molecule has 0 unspecified atom stereocenters. The van der Waals surface area contributed by atoms with Gasteiger partial charge in [-0.3, -0.25) is 9.36 Å². The minimum atomic E-state index is -0.217. The van der Waals surface area contributed by atoms with Crippen LogP contribution in [0.5, 0.6) is 0 Å². The third-order valence-corrected chi connectivity index (χ3v) is 4.51. The van der Waals surface area contributed by atoms with Gasteiger partial charge in [0.25, 0.3) is 5.56 Å². The SMILES string of the molecule is CCSC(=S)c1c(Cl)ccn(-c2ccc(Cl)cc2)c1=O. The van der Waals surface area contributed by atoms with Crippen molar-refractivity contribution in [2.75, 3.05) is 5.75 Å². The zero-order chi connectivity index (χ0) is 14.7. The van der Waals surface area contributed by atoms with E-state index in [9.17, 15) is 4.79 Å². The van der Waals surface area contributed by atoms with Crippen molar-refractivity contribution in [1.29, 1.82) is 0 Å². The minimum Gasteiger partial charge on any atom is -0.284 e. The molecular formula is C14H11Cl2NOS2. The number of aromatic nitrogens is 1. The van der Waals surface area contributed by atoms with Crippen LogP contribution in [-0.2, 0) is 0 Å². The Balaban J connectivity index is 2.57. The quantitative estimate of drug-likeness (QED) is 0.762. The molecule has 2 nitrogen and oxygen atoms in total. The zero-order valence-electron chi connectivity index (χ0n) is 10.6. The number of nitrogens with zero attached hydrogens (tertiary/aromatic N) is 1. The first-order valence-corrected chi connectivity index (χ1v) is 8.03. The highest BCUT2D eigenvalue weighted by atomic mass is 35.5. The Morgan fingerprint density at radius 2 is 1.90 bits per heavy atom. The van der Waals surface area contributed by atoms with Crippen LogP contribution in [0.15, 0.2) is 41.3 Å². The summed E-state index contributed by atoms with van der Waals surface area (Å²) in [7, 11) is 0. The van der Waals surface area contributed by atoms with Crippen LogP contribution in [-0.4, -0.2) is 14.5 Å². The Hall–Kier alpha value is -0.810. The highest BCUT2D eigenvalue weighted by Crippen LogP contribution is 2.20. The summed E-state index contributed by atoms with van der Waals surface area (Å²) < 4.78 is 2.03. The fraction of sp³-hybridized carbons (Fsp3) is 0.143. The number of thioether (sulfide) groups is 1. The van der Waals surface area contributed by atoms with E-state index < -0.39 is 0 Å². The van der Waals surface area contributed by atoms with E-state index in [0.717, 1.165) is 11.4 Å². The molecule has 0 amide bonds. The molecular weight excluding hydrogens is 333 g/mol. The van der Waals surface area contributed by atoms with E-state index >= 15 is 0 Å². The lowest BCUT2D eigenvalue weighted by atomic mass is 10.2. The molecule has 0 aliphatic carbocycles. The van der Waals surface area contributed by atoms with Crippen LogP contribution >= 0.6 is 47.2 Å². The van der Waals surface area contributed by atoms with Gasteiger partial charge in [-0.05, 0) is 36.1 Å². The van der Waals surface area contributed by atoms with Gasteiger partial charge in [0.1, 0.15) is 0 Å². The summed E-state index contributed by atoms with van der Waals surface area (Å²) >= 11 is 18.7. The summed E-state index contributed by atoms with van der Waals surface area (Å²) in [4.78, 5) is 12.5. The number of benzene rings is 1. The maximum Gasteiger partial charge on any atom is 0.265 e. The van der Waals surface area contributed by atoms with Crippen molar-refractivity contribution in [2.24, 2.45) is 0 Å². The van der Waals surface area contributed by atoms with Gasteiger partial charge in [-0.25, -0.2) is 0 Å². The predicted octanol–water partition coefficient (Wildman–Crippen LogP) is 4.57. The summed E-state index contributed by atoms with van der Waals surface area (Å²) in [6, 6.07) is 8.69. The molecule has 2 aromatic rings. The topological polar surface area (TPSA) is 22.0 Å². The molecule has 0 aliphatic heterocycles. The molecule has 0 atom stereocenters. The molecule has 0 radical (unpaired) electrons. The molecule has 0 N–H and O–H groups in total. The molecule has 20 heavy (non-hydrogen) atoms. The predicted molar refractivity (Wildman–Crippen MR) is 91.9 cm³/mol. The largest absolute Gasteiger partial charge is 0.284 e. The Morgan fingerprint density at radius 3 is 2.50 bits per heavy atom. The molecule has 104 valence electrons. The van der Waals surface area contributed by atoms with Crippen LogP contribution in [0.3, 0.4) is 0 Å². The van der Waals surface area contributed by atoms with Gasteiger partial charge < -0.3 is 0 Å². The monoisotopic (exact) mass is 343 g/mol. The lowest BCUT2D eigenvalue weighted by Crippen LogP contribution is -2.24. The first kappa shape index (κ1) is 15.6. The van der Waals surface area contributed by atoms with E-state index in [0.29, 0.717) is 19.8 Å². The molecule has 0 saturated heterocycles. The second-order valence-corrected chi connectivity index (χ2v) is 6.70. The van der Waals surface area contributed by atoms with Gasteiger partial charge >= 0.3 is 0 Å². The third-order valence-electron chi connectivity index (χ3n) is 2.63. The Morgan fingerprint density at radius 1 is 1.25 bits per heavy atom. The van der Waals surface area contributed by atoms with E-state index in [-0.39, 0.29) is 5.56 Å². The fourth-order valence-corrected chi connectivity index (χ4v) is 3.33. The highest BCUT2D eigenvalue weighted by molar-refractivity contribution is 8.23. The summed E-state index contributed by atoms with van der Waals surface area (Å²) in [5.74, 6) is 0.796. The Kier molecular flexibility index (Phi) is 5.27. The number of hydrogen-bond donors (Lipinski definition) is 0. The molecule has 0 spiro atoms. The molecule has 1 heterocycles. The van der Waals surface area contributed by atoms with Crippen molar-refractivity contribution < 1.29 is 0 Å². The number of rotatable bonds is 3. The third kappa shape index (κ3) is 3.26. The lowest BCUT2D eigenvalue weighted by Gasteiger charge is -2.10. The van der Waals surface area contributed by atoms with E-state index in [2.05, 4.69) is 0 Å². The van der Waals surface area contributed by atoms with E-state index in [1.807, 2.05) is 6.92 Å². The van der Waals surface area contributed by atoms with Gasteiger partial charge in [0.05, 0.1) is 14.8 Å². The number of thiocarbonyl (C=S) groups is 1. The summed E-state index contributed by atoms with van der Waals surface area (Å²) in [5, 5.41) is 0.999. The maximum absolute atomic E-state index is 12.5. The Bertz CT molecular complexity index is 695. The highest BCUT2D eigenvalue weighted by Gasteiger charge is 2.14. The first-order valence-electron chi connectivity index (χ1n) is 5.88. The number of hydrogen-bond acceptors (Lipinski definition) is 3. The van der Waals surface area contributed by atoms with Crippen LogP contribution in [0, 0.1) is 0 Å². The molecule has 1 aromatic heterocycles. The van der Waals surface area contributed by atoms with Crippen molar-refractivity contribution in [3.63, 3.8) is 0 Å². The van der Waals surface area contributed by atoms with Crippen molar-refractivity contribution in [3.05, 3.63) is 62.5 Å². The molecule has 0 aliphatic rings. The average molecular weight is 344 g/mol. The van der Waals surface area contributed by atoms with E-state index in [4.69, 9.17) is 35.4 Å². The molecule has 1 aromatic carbocycles. The minimum absolute atomic E-state index is 0.217. The van der Waals surface area contributed by atoms with Crippen molar-refractivity contribution in [1.82, 2.24) is 4.57 Å². The second kappa shape index (κ2) is 6.76. The van der Waals surface area contributed by atoms with Crippen molar-refractivity contribution >= 4 is 51.4 Å². The van der Waals surface area contributed by atoms with E-state index in [1.165, 1.54) is 16.3 Å². The summed E-state index contributed by atoms with van der Waals surface area (Å²) in [6.45, 7) is 1.98.